The van der Waals surface area contributed by atoms with Gasteiger partial charge in [-0.1, -0.05) is 97.1 Å². The summed E-state index contributed by atoms with van der Waals surface area (Å²) in [6.07, 6.45) is 4.85. The predicted molar refractivity (Wildman–Crippen MR) is 158 cm³/mol. The molecule has 0 spiro atoms. The maximum absolute atomic E-state index is 5.31. The molecule has 180 valence electrons. The molecule has 0 unspecified atom stereocenters. The standard InChI is InChI=1S/C35H25N3/c1-23-28-14-7-8-16-30(28)34(25-11-3-2-4-12-25)38-35(23)37-32-20-17-24-10-5-6-15-29(24)33(32)27-18-19-31-26(22-27)13-9-21-36-31/h2-19,21-22H,20H2,1H3/b37-32+. The molecule has 3 nitrogen and oxygen atoms in total. The lowest BCUT2D eigenvalue weighted by molar-refractivity contribution is 1.24. The fourth-order valence-electron chi connectivity index (χ4n) is 5.46. The fourth-order valence-corrected chi connectivity index (χ4v) is 5.46. The van der Waals surface area contributed by atoms with Gasteiger partial charge in [0.05, 0.1) is 16.9 Å². The lowest BCUT2D eigenvalue weighted by atomic mass is 9.91. The minimum Gasteiger partial charge on any atom is -0.256 e. The zero-order valence-corrected chi connectivity index (χ0v) is 21.1. The van der Waals surface area contributed by atoms with Crippen LogP contribution in [-0.4, -0.2) is 15.7 Å². The second-order valence-electron chi connectivity index (χ2n) is 9.66. The van der Waals surface area contributed by atoms with Crippen LogP contribution in [0.5, 0.6) is 0 Å². The van der Waals surface area contributed by atoms with E-state index in [1.54, 1.807) is 0 Å². The Balaban J connectivity index is 1.49. The zero-order chi connectivity index (χ0) is 25.5. The van der Waals surface area contributed by atoms with Gasteiger partial charge < -0.3 is 0 Å². The Morgan fingerprint density at radius 1 is 0.711 bits per heavy atom. The van der Waals surface area contributed by atoms with Crippen LogP contribution in [0.1, 0.15) is 17.5 Å². The van der Waals surface area contributed by atoms with Gasteiger partial charge in [-0.3, -0.25) is 4.98 Å². The molecule has 3 heteroatoms. The summed E-state index contributed by atoms with van der Waals surface area (Å²) >= 11 is 0. The zero-order valence-electron chi connectivity index (χ0n) is 21.1. The third-order valence-corrected chi connectivity index (χ3v) is 7.35. The third kappa shape index (κ3) is 3.80. The lowest BCUT2D eigenvalue weighted by Gasteiger charge is -2.17. The van der Waals surface area contributed by atoms with Gasteiger partial charge in [-0.25, -0.2) is 9.98 Å². The van der Waals surface area contributed by atoms with Gasteiger partial charge in [0.1, 0.15) is 0 Å². The first-order valence-electron chi connectivity index (χ1n) is 12.9. The van der Waals surface area contributed by atoms with E-state index in [9.17, 15) is 0 Å². The molecule has 4 aromatic carbocycles. The van der Waals surface area contributed by atoms with Gasteiger partial charge in [-0.2, -0.15) is 0 Å². The third-order valence-electron chi connectivity index (χ3n) is 7.35. The first-order chi connectivity index (χ1) is 18.8. The maximum atomic E-state index is 5.31. The first kappa shape index (κ1) is 22.3. The highest BCUT2D eigenvalue weighted by Crippen LogP contribution is 2.34. The van der Waals surface area contributed by atoms with Crippen LogP contribution in [0.15, 0.2) is 120 Å². The summed E-state index contributed by atoms with van der Waals surface area (Å²) in [4.78, 5) is 15.0. The Bertz CT molecular complexity index is 2000. The molecule has 0 saturated heterocycles. The second-order valence-corrected chi connectivity index (χ2v) is 9.66. The molecule has 38 heavy (non-hydrogen) atoms. The van der Waals surface area contributed by atoms with Crippen molar-refractivity contribution in [3.05, 3.63) is 137 Å². The van der Waals surface area contributed by atoms with Gasteiger partial charge >= 0.3 is 0 Å². The molecule has 1 aliphatic carbocycles. The monoisotopic (exact) mass is 487 g/mol. The summed E-state index contributed by atoms with van der Waals surface area (Å²) in [5.41, 5.74) is 7.47. The van der Waals surface area contributed by atoms with Crippen molar-refractivity contribution in [1.29, 1.82) is 0 Å². The van der Waals surface area contributed by atoms with E-state index >= 15 is 0 Å². The number of pyridine rings is 2. The van der Waals surface area contributed by atoms with Crippen molar-refractivity contribution >= 4 is 44.9 Å². The van der Waals surface area contributed by atoms with Crippen LogP contribution in [-0.2, 0) is 0 Å². The molecule has 2 heterocycles. The molecule has 1 aliphatic rings. The van der Waals surface area contributed by atoms with Crippen molar-refractivity contribution < 1.29 is 0 Å². The Hall–Kier alpha value is -4.89. The average molecular weight is 488 g/mol. The van der Waals surface area contributed by atoms with Crippen molar-refractivity contribution in [1.82, 2.24) is 9.97 Å². The number of nitrogens with zero attached hydrogens (tertiary/aromatic N) is 3. The molecular weight excluding hydrogens is 462 g/mol. The molecule has 0 N–H and O–H groups in total. The van der Waals surface area contributed by atoms with Gasteiger partial charge in [0.25, 0.3) is 0 Å². The summed E-state index contributed by atoms with van der Waals surface area (Å²) in [5, 5.41) is 5.88. The Kier molecular flexibility index (Phi) is 5.41. The minimum absolute atomic E-state index is 0.742. The fraction of sp³-hybridized carbons (Fsp3) is 0.0571. The largest absolute Gasteiger partial charge is 0.256 e. The molecule has 0 bridgehead atoms. The SMILES string of the molecule is Cc1c(/N=C2\CC=c3ccccc3=C2c2ccc3ncccc3c2)nc(-c2ccccc2)c2ccccc12. The summed E-state index contributed by atoms with van der Waals surface area (Å²) in [7, 11) is 0. The minimum atomic E-state index is 0.742. The van der Waals surface area contributed by atoms with E-state index in [0.717, 1.165) is 62.2 Å². The van der Waals surface area contributed by atoms with E-state index in [4.69, 9.17) is 9.98 Å². The summed E-state index contributed by atoms with van der Waals surface area (Å²) in [6, 6.07) is 38.1. The first-order valence-corrected chi connectivity index (χ1v) is 12.9. The van der Waals surface area contributed by atoms with Crippen molar-refractivity contribution in [2.24, 2.45) is 4.99 Å². The van der Waals surface area contributed by atoms with Gasteiger partial charge in [0.15, 0.2) is 5.82 Å². The number of rotatable bonds is 3. The molecule has 0 atom stereocenters. The molecule has 6 aromatic rings. The van der Waals surface area contributed by atoms with Gasteiger partial charge in [-0.15, -0.1) is 0 Å². The molecular formula is C35H25N3. The quantitative estimate of drug-likeness (QED) is 0.272. The topological polar surface area (TPSA) is 38.1 Å². The number of benzene rings is 4. The number of hydrogen-bond donors (Lipinski definition) is 0. The van der Waals surface area contributed by atoms with Crippen molar-refractivity contribution in [2.45, 2.75) is 13.3 Å². The van der Waals surface area contributed by atoms with Gasteiger partial charge in [0.2, 0.25) is 0 Å². The summed E-state index contributed by atoms with van der Waals surface area (Å²) < 4.78 is 0. The lowest BCUT2D eigenvalue weighted by Crippen LogP contribution is -2.33. The maximum Gasteiger partial charge on any atom is 0.156 e. The van der Waals surface area contributed by atoms with Gasteiger partial charge in [0, 0.05) is 40.1 Å². The summed E-state index contributed by atoms with van der Waals surface area (Å²) in [6.45, 7) is 2.13. The molecule has 0 aliphatic heterocycles. The molecule has 0 amide bonds. The van der Waals surface area contributed by atoms with E-state index in [-0.39, 0.29) is 0 Å². The Labute approximate surface area is 221 Å². The Morgan fingerprint density at radius 3 is 2.39 bits per heavy atom. The van der Waals surface area contributed by atoms with E-state index in [1.165, 1.54) is 15.8 Å². The number of hydrogen-bond acceptors (Lipinski definition) is 3. The molecule has 0 saturated carbocycles. The van der Waals surface area contributed by atoms with Crippen LogP contribution in [0.25, 0.3) is 44.6 Å². The predicted octanol–water partition coefficient (Wildman–Crippen LogP) is 6.91. The number of aryl methyl sites for hydroxylation is 1. The van der Waals surface area contributed by atoms with Crippen LogP contribution < -0.4 is 10.4 Å². The van der Waals surface area contributed by atoms with Crippen LogP contribution in [0.2, 0.25) is 0 Å². The number of aliphatic imine (C=N–C) groups is 1. The van der Waals surface area contributed by atoms with Crippen LogP contribution >= 0.6 is 0 Å². The number of fused-ring (bicyclic) bond motifs is 3. The highest BCUT2D eigenvalue weighted by molar-refractivity contribution is 6.26. The van der Waals surface area contributed by atoms with Gasteiger partial charge in [-0.05, 0) is 46.5 Å². The average Bonchev–Trinajstić information content (AvgIpc) is 2.98. The molecule has 0 radical (unpaired) electrons. The normalized spacial score (nSPS) is 14.0. The van der Waals surface area contributed by atoms with E-state index in [0.29, 0.717) is 0 Å². The van der Waals surface area contributed by atoms with Crippen molar-refractivity contribution in [3.8, 4) is 11.3 Å². The molecule has 0 fully saturated rings. The molecule has 7 rings (SSSR count). The van der Waals surface area contributed by atoms with E-state index in [1.807, 2.05) is 18.3 Å². The highest BCUT2D eigenvalue weighted by Gasteiger charge is 2.18. The van der Waals surface area contributed by atoms with E-state index < -0.39 is 0 Å². The van der Waals surface area contributed by atoms with Crippen molar-refractivity contribution in [3.63, 3.8) is 0 Å². The Morgan fingerprint density at radius 2 is 1.50 bits per heavy atom. The van der Waals surface area contributed by atoms with E-state index in [2.05, 4.69) is 115 Å². The van der Waals surface area contributed by atoms with Crippen LogP contribution in [0.3, 0.4) is 0 Å². The van der Waals surface area contributed by atoms with Crippen molar-refractivity contribution in [2.75, 3.05) is 0 Å². The molecule has 2 aromatic heterocycles. The smallest absolute Gasteiger partial charge is 0.156 e. The second kappa shape index (κ2) is 9.20. The summed E-state index contributed by atoms with van der Waals surface area (Å²) in [5.74, 6) is 0.769. The van der Waals surface area contributed by atoms with Crippen LogP contribution in [0, 0.1) is 6.92 Å². The van der Waals surface area contributed by atoms with Crippen LogP contribution in [0.4, 0.5) is 5.82 Å². The highest BCUT2D eigenvalue weighted by atomic mass is 14.9. The number of aromatic nitrogens is 2.